The van der Waals surface area contributed by atoms with E-state index in [2.05, 4.69) is 53.7 Å². The van der Waals surface area contributed by atoms with Crippen molar-refractivity contribution in [3.05, 3.63) is 23.3 Å². The molecule has 9 atom stereocenters. The second-order valence-electron chi connectivity index (χ2n) is 12.9. The highest BCUT2D eigenvalue weighted by Gasteiger charge is 2.59. The Hall–Kier alpha value is -0.600. The molecule has 0 amide bonds. The van der Waals surface area contributed by atoms with Gasteiger partial charge in [0.15, 0.2) is 0 Å². The molecule has 0 bridgehead atoms. The Kier molecular flexibility index (Phi) is 7.06. The molecule has 4 aliphatic carbocycles. The van der Waals surface area contributed by atoms with Crippen LogP contribution in [0.3, 0.4) is 0 Å². The van der Waals surface area contributed by atoms with Gasteiger partial charge in [0.2, 0.25) is 0 Å². The first kappa shape index (κ1) is 24.5. The number of hydrogen-bond donors (Lipinski definition) is 2. The summed E-state index contributed by atoms with van der Waals surface area (Å²) in [6, 6.07) is 0. The van der Waals surface area contributed by atoms with Crippen molar-refractivity contribution in [2.24, 2.45) is 52.3 Å². The van der Waals surface area contributed by atoms with Crippen molar-refractivity contribution in [2.45, 2.75) is 105 Å². The topological polar surface area (TPSA) is 40.5 Å². The standard InChI is InChI=1S/C30H50O2/c1-7-21(19(2)3)9-8-20(4)24-12-13-25-22-10-11-26-23(18-31)28(32)15-17-30(26,6)27(22)14-16-29(24,25)5/h7,10,19-20,23-28,31-32H,8-9,11-18H2,1-6H3/b21-7-/t20-,23+,24-,25+,26+,27+,28+,29-,30+/m1/s1. The lowest BCUT2D eigenvalue weighted by Crippen LogP contribution is -2.53. The highest BCUT2D eigenvalue weighted by Crippen LogP contribution is 2.67. The van der Waals surface area contributed by atoms with Crippen molar-refractivity contribution in [3.63, 3.8) is 0 Å². The van der Waals surface area contributed by atoms with Crippen molar-refractivity contribution in [1.29, 1.82) is 0 Å². The van der Waals surface area contributed by atoms with Crippen molar-refractivity contribution >= 4 is 0 Å². The third-order valence-corrected chi connectivity index (χ3v) is 11.3. The SMILES string of the molecule is C/C=C(/CC[C@@H](C)[C@H]1CC[C@H]2C3=CC[C@H]4[C@H](CO)[C@@H](O)CC[C@]4(C)[C@H]3CC[C@]12C)C(C)C. The zero-order valence-electron chi connectivity index (χ0n) is 21.7. The third kappa shape index (κ3) is 3.86. The Morgan fingerprint density at radius 3 is 2.41 bits per heavy atom. The average Bonchev–Trinajstić information content (AvgIpc) is 3.11. The van der Waals surface area contributed by atoms with E-state index >= 15 is 0 Å². The Balaban J connectivity index is 1.52. The lowest BCUT2D eigenvalue weighted by Gasteiger charge is -2.59. The molecule has 0 heterocycles. The predicted molar refractivity (Wildman–Crippen MR) is 134 cm³/mol. The van der Waals surface area contributed by atoms with Gasteiger partial charge in [0.1, 0.15) is 0 Å². The molecule has 0 aromatic heterocycles. The summed E-state index contributed by atoms with van der Waals surface area (Å²) in [6.07, 6.45) is 15.8. The van der Waals surface area contributed by atoms with Gasteiger partial charge in [0, 0.05) is 12.5 Å². The van der Waals surface area contributed by atoms with E-state index in [0.29, 0.717) is 23.2 Å². The molecular formula is C30H50O2. The lowest BCUT2D eigenvalue weighted by molar-refractivity contribution is -0.0972. The second-order valence-corrected chi connectivity index (χ2v) is 12.9. The van der Waals surface area contributed by atoms with E-state index in [0.717, 1.165) is 37.0 Å². The summed E-state index contributed by atoms with van der Waals surface area (Å²) in [5.74, 6) is 4.27. The third-order valence-electron chi connectivity index (χ3n) is 11.3. The largest absolute Gasteiger partial charge is 0.396 e. The fourth-order valence-electron chi connectivity index (χ4n) is 9.33. The van der Waals surface area contributed by atoms with Gasteiger partial charge in [0.05, 0.1) is 6.10 Å². The Morgan fingerprint density at radius 2 is 1.75 bits per heavy atom. The van der Waals surface area contributed by atoms with Gasteiger partial charge in [-0.15, -0.1) is 0 Å². The molecule has 0 saturated heterocycles. The van der Waals surface area contributed by atoms with Gasteiger partial charge in [-0.3, -0.25) is 0 Å². The van der Waals surface area contributed by atoms with E-state index in [9.17, 15) is 10.2 Å². The minimum absolute atomic E-state index is 0.0676. The highest BCUT2D eigenvalue weighted by molar-refractivity contribution is 5.28. The van der Waals surface area contributed by atoms with E-state index in [1.165, 1.54) is 38.5 Å². The molecule has 2 nitrogen and oxygen atoms in total. The maximum absolute atomic E-state index is 10.6. The van der Waals surface area contributed by atoms with E-state index in [1.807, 2.05) is 0 Å². The molecule has 0 aromatic carbocycles. The van der Waals surface area contributed by atoms with Crippen molar-refractivity contribution in [2.75, 3.05) is 6.61 Å². The summed E-state index contributed by atoms with van der Waals surface area (Å²) in [7, 11) is 0. The van der Waals surface area contributed by atoms with Crippen LogP contribution in [0.1, 0.15) is 99.3 Å². The molecule has 3 fully saturated rings. The van der Waals surface area contributed by atoms with Crippen LogP contribution in [0.25, 0.3) is 0 Å². The molecule has 32 heavy (non-hydrogen) atoms. The van der Waals surface area contributed by atoms with Gasteiger partial charge < -0.3 is 10.2 Å². The quantitative estimate of drug-likeness (QED) is 0.428. The van der Waals surface area contributed by atoms with Crippen molar-refractivity contribution < 1.29 is 10.2 Å². The smallest absolute Gasteiger partial charge is 0.0593 e. The second kappa shape index (κ2) is 9.21. The molecule has 2 N–H and O–H groups in total. The first-order valence-corrected chi connectivity index (χ1v) is 13.8. The molecule has 3 saturated carbocycles. The Labute approximate surface area is 198 Å². The molecule has 4 rings (SSSR count). The maximum Gasteiger partial charge on any atom is 0.0593 e. The zero-order chi connectivity index (χ0) is 23.3. The molecule has 0 aromatic rings. The number of fused-ring (bicyclic) bond motifs is 5. The van der Waals surface area contributed by atoms with Crippen LogP contribution in [0.5, 0.6) is 0 Å². The van der Waals surface area contributed by atoms with Gasteiger partial charge in [-0.2, -0.15) is 0 Å². The fraction of sp³-hybridized carbons (Fsp3) is 0.867. The van der Waals surface area contributed by atoms with Gasteiger partial charge in [-0.1, -0.05) is 57.9 Å². The monoisotopic (exact) mass is 442 g/mol. The summed E-state index contributed by atoms with van der Waals surface area (Å²) in [5.41, 5.74) is 4.15. The van der Waals surface area contributed by atoms with Crippen molar-refractivity contribution in [3.8, 4) is 0 Å². The molecule has 0 aliphatic heterocycles. The van der Waals surface area contributed by atoms with Gasteiger partial charge >= 0.3 is 0 Å². The number of rotatable bonds is 6. The van der Waals surface area contributed by atoms with Crippen LogP contribution in [0.15, 0.2) is 23.3 Å². The molecular weight excluding hydrogens is 392 g/mol. The van der Waals surface area contributed by atoms with Crippen LogP contribution in [-0.2, 0) is 0 Å². The van der Waals surface area contributed by atoms with Crippen LogP contribution in [0, 0.1) is 52.3 Å². The van der Waals surface area contributed by atoms with Crippen molar-refractivity contribution in [1.82, 2.24) is 0 Å². The van der Waals surface area contributed by atoms with E-state index in [4.69, 9.17) is 0 Å². The van der Waals surface area contributed by atoms with Gasteiger partial charge in [-0.25, -0.2) is 0 Å². The number of aliphatic hydroxyl groups excluding tert-OH is 2. The average molecular weight is 443 g/mol. The zero-order valence-corrected chi connectivity index (χ0v) is 21.7. The summed E-state index contributed by atoms with van der Waals surface area (Å²) in [5, 5.41) is 20.6. The maximum atomic E-state index is 10.6. The van der Waals surface area contributed by atoms with Crippen LogP contribution in [0.2, 0.25) is 0 Å². The molecule has 4 aliphatic rings. The van der Waals surface area contributed by atoms with Crippen LogP contribution in [-0.4, -0.2) is 22.9 Å². The minimum Gasteiger partial charge on any atom is -0.396 e. The summed E-state index contributed by atoms with van der Waals surface area (Å²) < 4.78 is 0. The Morgan fingerprint density at radius 1 is 1.06 bits per heavy atom. The van der Waals surface area contributed by atoms with E-state index in [-0.39, 0.29) is 24.0 Å². The molecule has 182 valence electrons. The first-order chi connectivity index (χ1) is 15.2. The fourth-order valence-corrected chi connectivity index (χ4v) is 9.33. The predicted octanol–water partition coefficient (Wildman–Crippen LogP) is 7.16. The van der Waals surface area contributed by atoms with Crippen LogP contribution >= 0.6 is 0 Å². The number of aliphatic hydroxyl groups is 2. The number of allylic oxidation sites excluding steroid dienone is 4. The molecule has 0 spiro atoms. The highest BCUT2D eigenvalue weighted by atomic mass is 16.3. The van der Waals surface area contributed by atoms with Crippen LogP contribution in [0.4, 0.5) is 0 Å². The first-order valence-electron chi connectivity index (χ1n) is 13.8. The number of hydrogen-bond acceptors (Lipinski definition) is 2. The molecule has 0 unspecified atom stereocenters. The normalized spacial score (nSPS) is 45.2. The van der Waals surface area contributed by atoms with E-state index in [1.54, 1.807) is 11.1 Å². The Bertz CT molecular complexity index is 735. The molecule has 0 radical (unpaired) electrons. The summed E-state index contributed by atoms with van der Waals surface area (Å²) >= 11 is 0. The van der Waals surface area contributed by atoms with Gasteiger partial charge in [-0.05, 0) is 111 Å². The van der Waals surface area contributed by atoms with E-state index < -0.39 is 0 Å². The van der Waals surface area contributed by atoms with Crippen LogP contribution < -0.4 is 0 Å². The minimum atomic E-state index is -0.313. The summed E-state index contributed by atoms with van der Waals surface area (Å²) in [6.45, 7) is 14.7. The lowest BCUT2D eigenvalue weighted by atomic mass is 9.46. The molecule has 2 heteroatoms. The summed E-state index contributed by atoms with van der Waals surface area (Å²) in [4.78, 5) is 0. The van der Waals surface area contributed by atoms with Gasteiger partial charge in [0.25, 0.3) is 0 Å².